The molecule has 1 fully saturated rings. The average molecular weight is 241 g/mol. The maximum atomic E-state index is 9.64. The Labute approximate surface area is 94.2 Å². The normalized spacial score (nSPS) is 41.8. The molecular formula is C9H17ClO5. The second-order valence-corrected chi connectivity index (χ2v) is 3.63. The molecule has 0 saturated carbocycles. The van der Waals surface area contributed by atoms with Crippen molar-refractivity contribution in [3.8, 4) is 0 Å². The summed E-state index contributed by atoms with van der Waals surface area (Å²) in [7, 11) is 4.56. The van der Waals surface area contributed by atoms with E-state index in [2.05, 4.69) is 0 Å². The molecule has 0 amide bonds. The lowest BCUT2D eigenvalue weighted by atomic mass is 9.99. The Kier molecular flexibility index (Phi) is 5.25. The largest absolute Gasteiger partial charge is 0.376 e. The monoisotopic (exact) mass is 240 g/mol. The van der Waals surface area contributed by atoms with Crippen LogP contribution in [0.1, 0.15) is 0 Å². The van der Waals surface area contributed by atoms with Gasteiger partial charge in [-0.05, 0) is 0 Å². The van der Waals surface area contributed by atoms with Crippen LogP contribution in [0.25, 0.3) is 0 Å². The zero-order valence-electron chi connectivity index (χ0n) is 9.05. The molecule has 1 aliphatic heterocycles. The average Bonchev–Trinajstić information content (AvgIpc) is 2.27. The van der Waals surface area contributed by atoms with E-state index in [1.54, 1.807) is 7.11 Å². The summed E-state index contributed by atoms with van der Waals surface area (Å²) in [5.41, 5.74) is 0. The van der Waals surface area contributed by atoms with Crippen molar-refractivity contribution in [3.63, 3.8) is 0 Å². The second kappa shape index (κ2) is 5.98. The van der Waals surface area contributed by atoms with E-state index in [4.69, 9.17) is 30.5 Å². The fourth-order valence-corrected chi connectivity index (χ4v) is 2.07. The van der Waals surface area contributed by atoms with Gasteiger partial charge in [0.2, 0.25) is 0 Å². The lowest BCUT2D eigenvalue weighted by molar-refractivity contribution is -0.290. The molecule has 0 radical (unpaired) electrons. The van der Waals surface area contributed by atoms with E-state index in [1.165, 1.54) is 14.2 Å². The van der Waals surface area contributed by atoms with Gasteiger partial charge in [0.15, 0.2) is 6.29 Å². The predicted molar refractivity (Wildman–Crippen MR) is 54.0 cm³/mol. The highest BCUT2D eigenvalue weighted by Gasteiger charge is 2.45. The third-order valence-electron chi connectivity index (χ3n) is 2.58. The highest BCUT2D eigenvalue weighted by molar-refractivity contribution is 6.18. The molecular weight excluding hydrogens is 224 g/mol. The Hall–Kier alpha value is 0.0900. The number of ether oxygens (including phenoxy) is 4. The van der Waals surface area contributed by atoms with Gasteiger partial charge in [0, 0.05) is 21.3 Å². The molecule has 0 aromatic heterocycles. The molecule has 90 valence electrons. The quantitative estimate of drug-likeness (QED) is 0.701. The van der Waals surface area contributed by atoms with Crippen LogP contribution in [0.4, 0.5) is 0 Å². The van der Waals surface area contributed by atoms with Crippen LogP contribution < -0.4 is 0 Å². The topological polar surface area (TPSA) is 57.2 Å². The van der Waals surface area contributed by atoms with Crippen molar-refractivity contribution < 1.29 is 24.1 Å². The number of halogens is 1. The fourth-order valence-electron chi connectivity index (χ4n) is 1.82. The van der Waals surface area contributed by atoms with E-state index in [0.717, 1.165) is 0 Å². The van der Waals surface area contributed by atoms with Crippen molar-refractivity contribution in [2.24, 2.45) is 0 Å². The summed E-state index contributed by atoms with van der Waals surface area (Å²) in [6.45, 7) is 0. The number of hydrogen-bond donors (Lipinski definition) is 1. The molecule has 0 bridgehead atoms. The van der Waals surface area contributed by atoms with Crippen molar-refractivity contribution in [2.75, 3.05) is 27.2 Å². The second-order valence-electron chi connectivity index (χ2n) is 3.32. The predicted octanol–water partition coefficient (Wildman–Crippen LogP) is -0.0126. The number of methoxy groups -OCH3 is 3. The zero-order valence-corrected chi connectivity index (χ0v) is 9.81. The number of hydrogen-bond acceptors (Lipinski definition) is 5. The van der Waals surface area contributed by atoms with Gasteiger partial charge in [-0.3, -0.25) is 0 Å². The van der Waals surface area contributed by atoms with Crippen molar-refractivity contribution >= 4 is 11.6 Å². The maximum absolute atomic E-state index is 9.64. The van der Waals surface area contributed by atoms with E-state index in [-0.39, 0.29) is 12.0 Å². The van der Waals surface area contributed by atoms with Crippen LogP contribution in [-0.2, 0) is 18.9 Å². The molecule has 5 atom stereocenters. The third-order valence-corrected chi connectivity index (χ3v) is 2.88. The minimum Gasteiger partial charge on any atom is -0.376 e. The summed E-state index contributed by atoms with van der Waals surface area (Å²) in [6.07, 6.45) is -2.76. The highest BCUT2D eigenvalue weighted by atomic mass is 35.5. The van der Waals surface area contributed by atoms with Crippen molar-refractivity contribution in [2.45, 2.75) is 30.7 Å². The van der Waals surface area contributed by atoms with Gasteiger partial charge in [0.25, 0.3) is 0 Å². The van der Waals surface area contributed by atoms with E-state index in [1.807, 2.05) is 0 Å². The molecule has 0 aromatic rings. The molecule has 5 nitrogen and oxygen atoms in total. The van der Waals surface area contributed by atoms with Gasteiger partial charge in [-0.2, -0.15) is 0 Å². The Morgan fingerprint density at radius 3 is 2.00 bits per heavy atom. The molecule has 0 aromatic carbocycles. The highest BCUT2D eigenvalue weighted by Crippen LogP contribution is 2.26. The first kappa shape index (κ1) is 13.2. The molecule has 6 heteroatoms. The molecule has 1 saturated heterocycles. The molecule has 1 heterocycles. The summed E-state index contributed by atoms with van der Waals surface area (Å²) in [6, 6.07) is 0. The van der Waals surface area contributed by atoms with Crippen molar-refractivity contribution in [1.82, 2.24) is 0 Å². The summed E-state index contributed by atoms with van der Waals surface area (Å²) in [4.78, 5) is 0. The number of aliphatic hydroxyl groups is 1. The lowest BCUT2D eigenvalue weighted by Gasteiger charge is -2.42. The number of aliphatic hydroxyl groups excluding tert-OH is 1. The molecule has 0 aliphatic carbocycles. The summed E-state index contributed by atoms with van der Waals surface area (Å²) < 4.78 is 20.9. The van der Waals surface area contributed by atoms with Crippen LogP contribution >= 0.6 is 11.6 Å². The number of alkyl halides is 1. The first-order valence-electron chi connectivity index (χ1n) is 4.67. The van der Waals surface area contributed by atoms with E-state index in [0.29, 0.717) is 0 Å². The molecule has 0 unspecified atom stereocenters. The van der Waals surface area contributed by atoms with Gasteiger partial charge < -0.3 is 24.1 Å². The Morgan fingerprint density at radius 1 is 1.07 bits per heavy atom. The SMILES string of the molecule is CO[C@@H]1[C@@H](OC)[C@H](O)O[C@H](CCl)[C@H]1OC. The van der Waals surface area contributed by atoms with Crippen LogP contribution in [0.15, 0.2) is 0 Å². The van der Waals surface area contributed by atoms with Gasteiger partial charge in [-0.25, -0.2) is 0 Å². The van der Waals surface area contributed by atoms with Crippen LogP contribution in [0.5, 0.6) is 0 Å². The lowest BCUT2D eigenvalue weighted by Crippen LogP contribution is -2.59. The zero-order chi connectivity index (χ0) is 11.4. The minimum absolute atomic E-state index is 0.228. The van der Waals surface area contributed by atoms with Crippen LogP contribution in [0, 0.1) is 0 Å². The number of rotatable bonds is 4. The van der Waals surface area contributed by atoms with Gasteiger partial charge in [0.05, 0.1) is 5.88 Å². The molecule has 1 aliphatic rings. The first-order chi connectivity index (χ1) is 7.19. The van der Waals surface area contributed by atoms with Crippen LogP contribution in [0.3, 0.4) is 0 Å². The summed E-state index contributed by atoms with van der Waals surface area (Å²) >= 11 is 5.72. The van der Waals surface area contributed by atoms with Crippen LogP contribution in [0.2, 0.25) is 0 Å². The van der Waals surface area contributed by atoms with E-state index < -0.39 is 24.6 Å². The molecule has 15 heavy (non-hydrogen) atoms. The van der Waals surface area contributed by atoms with E-state index in [9.17, 15) is 5.11 Å². The van der Waals surface area contributed by atoms with Crippen molar-refractivity contribution in [1.29, 1.82) is 0 Å². The fraction of sp³-hybridized carbons (Fsp3) is 1.00. The molecule has 1 rings (SSSR count). The summed E-state index contributed by atoms with van der Waals surface area (Å²) in [5, 5.41) is 9.64. The Bertz CT molecular complexity index is 191. The van der Waals surface area contributed by atoms with Gasteiger partial charge in [-0.1, -0.05) is 0 Å². The summed E-state index contributed by atoms with van der Waals surface area (Å²) in [5.74, 6) is 0.228. The first-order valence-corrected chi connectivity index (χ1v) is 5.20. The standard InChI is InChI=1S/C9H17ClO5/c1-12-6-5(4-10)15-9(11)8(14-3)7(6)13-2/h5-9,11H,4H2,1-3H3/t5-,6-,7+,8-,9-/m1/s1. The molecule has 0 spiro atoms. The van der Waals surface area contributed by atoms with Crippen LogP contribution in [-0.4, -0.2) is 63.0 Å². The minimum atomic E-state index is -1.05. The Balaban J connectivity index is 2.80. The van der Waals surface area contributed by atoms with E-state index >= 15 is 0 Å². The third kappa shape index (κ3) is 2.61. The van der Waals surface area contributed by atoms with Gasteiger partial charge >= 0.3 is 0 Å². The molecule has 1 N–H and O–H groups in total. The van der Waals surface area contributed by atoms with Gasteiger partial charge in [-0.15, -0.1) is 11.6 Å². The Morgan fingerprint density at radius 2 is 1.60 bits per heavy atom. The van der Waals surface area contributed by atoms with Gasteiger partial charge in [0.1, 0.15) is 24.4 Å². The smallest absolute Gasteiger partial charge is 0.184 e. The van der Waals surface area contributed by atoms with Crippen molar-refractivity contribution in [3.05, 3.63) is 0 Å². The maximum Gasteiger partial charge on any atom is 0.184 e.